The molecular weight excluding hydrogens is 332 g/mol. The molecule has 0 radical (unpaired) electrons. The smallest absolute Gasteiger partial charge is 0.320 e. The second-order valence-corrected chi connectivity index (χ2v) is 9.27. The first-order chi connectivity index (χ1) is 12.4. The zero-order valence-corrected chi connectivity index (χ0v) is 16.0. The molecule has 0 aromatic rings. The molecule has 3 atom stereocenters. The fraction of sp³-hybridized carbons (Fsp3) is 0.905. The predicted octanol–water partition coefficient (Wildman–Crippen LogP) is 3.08. The Morgan fingerprint density at radius 3 is 2.23 bits per heavy atom. The summed E-state index contributed by atoms with van der Waals surface area (Å²) in [5.41, 5.74) is -0.506. The van der Waals surface area contributed by atoms with Crippen LogP contribution in [-0.2, 0) is 19.1 Å². The van der Waals surface area contributed by atoms with E-state index in [1.54, 1.807) is 6.92 Å². The third-order valence-electron chi connectivity index (χ3n) is 7.79. The van der Waals surface area contributed by atoms with Gasteiger partial charge in [-0.25, -0.2) is 0 Å². The summed E-state index contributed by atoms with van der Waals surface area (Å²) >= 11 is 0. The Balaban J connectivity index is 1.29. The van der Waals surface area contributed by atoms with E-state index in [1.165, 1.54) is 32.1 Å². The second kappa shape index (κ2) is 6.90. The Labute approximate surface area is 155 Å². The van der Waals surface area contributed by atoms with Gasteiger partial charge in [0.05, 0.1) is 23.5 Å². The standard InChI is InChI=1S/C21H32O5/c1-3-17(18-12(2)19(22)26-20(18)23)25-6-4-5-21(24)15-8-13-7-14(10-15)11-16(21)9-13/h12-18,24H,3-11H2,1-2H3. The van der Waals surface area contributed by atoms with Crippen LogP contribution in [0.25, 0.3) is 0 Å². The zero-order chi connectivity index (χ0) is 18.5. The lowest BCUT2D eigenvalue weighted by molar-refractivity contribution is -0.178. The van der Waals surface area contributed by atoms with Crippen LogP contribution in [0.1, 0.15) is 65.2 Å². The highest BCUT2D eigenvalue weighted by Gasteiger charge is 2.56. The van der Waals surface area contributed by atoms with Crippen molar-refractivity contribution in [1.29, 1.82) is 0 Å². The fourth-order valence-corrected chi connectivity index (χ4v) is 6.56. The Morgan fingerprint density at radius 2 is 1.73 bits per heavy atom. The van der Waals surface area contributed by atoms with Gasteiger partial charge in [-0.2, -0.15) is 0 Å². The molecule has 5 fully saturated rings. The van der Waals surface area contributed by atoms with Crippen molar-refractivity contribution in [2.75, 3.05) is 6.61 Å². The van der Waals surface area contributed by atoms with E-state index >= 15 is 0 Å². The van der Waals surface area contributed by atoms with Crippen LogP contribution in [0.2, 0.25) is 0 Å². The number of ether oxygens (including phenoxy) is 2. The first kappa shape index (κ1) is 18.4. The van der Waals surface area contributed by atoms with Gasteiger partial charge < -0.3 is 14.6 Å². The summed E-state index contributed by atoms with van der Waals surface area (Å²) in [4.78, 5) is 23.5. The van der Waals surface area contributed by atoms with Crippen LogP contribution in [-0.4, -0.2) is 35.4 Å². The summed E-state index contributed by atoms with van der Waals surface area (Å²) in [5.74, 6) is 0.847. The van der Waals surface area contributed by atoms with E-state index in [9.17, 15) is 14.7 Å². The lowest BCUT2D eigenvalue weighted by Gasteiger charge is -2.59. The lowest BCUT2D eigenvalue weighted by atomic mass is 9.49. The van der Waals surface area contributed by atoms with E-state index in [0.717, 1.165) is 24.7 Å². The van der Waals surface area contributed by atoms with Gasteiger partial charge >= 0.3 is 11.9 Å². The van der Waals surface area contributed by atoms with Gasteiger partial charge in [-0.05, 0) is 75.0 Å². The maximum Gasteiger partial charge on any atom is 0.320 e. The number of hydrogen-bond acceptors (Lipinski definition) is 5. The Hall–Kier alpha value is -0.940. The topological polar surface area (TPSA) is 72.8 Å². The molecule has 1 saturated heterocycles. The van der Waals surface area contributed by atoms with E-state index in [0.29, 0.717) is 24.9 Å². The summed E-state index contributed by atoms with van der Waals surface area (Å²) < 4.78 is 10.7. The molecule has 1 heterocycles. The van der Waals surface area contributed by atoms with Gasteiger partial charge in [0.15, 0.2) is 0 Å². The SMILES string of the molecule is CCC(OCCCC1(O)C2CC3CC(C2)CC1C3)C1C(=O)OC(=O)C1C. The molecule has 0 aromatic heterocycles. The van der Waals surface area contributed by atoms with Crippen LogP contribution in [0.3, 0.4) is 0 Å². The minimum absolute atomic E-state index is 0.280. The van der Waals surface area contributed by atoms with Gasteiger partial charge in [-0.3, -0.25) is 9.59 Å². The molecule has 5 rings (SSSR count). The number of hydrogen-bond donors (Lipinski definition) is 1. The molecular formula is C21H32O5. The van der Waals surface area contributed by atoms with Gasteiger partial charge in [-0.1, -0.05) is 13.8 Å². The number of carbonyl (C=O) groups excluding carboxylic acids is 2. The van der Waals surface area contributed by atoms with E-state index in [2.05, 4.69) is 0 Å². The predicted molar refractivity (Wildman–Crippen MR) is 95.0 cm³/mol. The van der Waals surface area contributed by atoms with Crippen LogP contribution in [0, 0.1) is 35.5 Å². The Morgan fingerprint density at radius 1 is 1.12 bits per heavy atom. The summed E-state index contributed by atoms with van der Waals surface area (Å²) in [6.07, 6.45) is 8.20. The van der Waals surface area contributed by atoms with E-state index in [4.69, 9.17) is 9.47 Å². The fourth-order valence-electron chi connectivity index (χ4n) is 6.56. The number of carbonyl (C=O) groups is 2. The van der Waals surface area contributed by atoms with Crippen LogP contribution < -0.4 is 0 Å². The summed E-state index contributed by atoms with van der Waals surface area (Å²) in [7, 11) is 0. The summed E-state index contributed by atoms with van der Waals surface area (Å²) in [6.45, 7) is 4.23. The maximum atomic E-state index is 11.9. The molecule has 4 saturated carbocycles. The van der Waals surface area contributed by atoms with E-state index in [1.807, 2.05) is 6.92 Å². The van der Waals surface area contributed by atoms with Crippen molar-refractivity contribution in [2.24, 2.45) is 35.5 Å². The molecule has 0 spiro atoms. The molecule has 1 aliphatic heterocycles. The van der Waals surface area contributed by atoms with Crippen LogP contribution in [0.4, 0.5) is 0 Å². The first-order valence-electron chi connectivity index (χ1n) is 10.5. The van der Waals surface area contributed by atoms with Crippen LogP contribution >= 0.6 is 0 Å². The first-order valence-corrected chi connectivity index (χ1v) is 10.5. The molecule has 5 aliphatic rings. The van der Waals surface area contributed by atoms with Crippen molar-refractivity contribution in [1.82, 2.24) is 0 Å². The number of rotatable bonds is 7. The van der Waals surface area contributed by atoms with Crippen molar-refractivity contribution in [3.63, 3.8) is 0 Å². The molecule has 1 N–H and O–H groups in total. The van der Waals surface area contributed by atoms with Crippen molar-refractivity contribution in [2.45, 2.75) is 76.9 Å². The summed E-state index contributed by atoms with van der Waals surface area (Å²) in [5, 5.41) is 11.4. The third-order valence-corrected chi connectivity index (χ3v) is 7.79. The largest absolute Gasteiger partial charge is 0.393 e. The molecule has 0 aromatic carbocycles. The summed E-state index contributed by atoms with van der Waals surface area (Å²) in [6, 6.07) is 0. The molecule has 5 nitrogen and oxygen atoms in total. The Bertz CT molecular complexity index is 543. The highest BCUT2D eigenvalue weighted by atomic mass is 16.6. The monoisotopic (exact) mass is 364 g/mol. The number of aliphatic hydroxyl groups is 1. The van der Waals surface area contributed by atoms with Gasteiger partial charge in [0, 0.05) is 6.61 Å². The third kappa shape index (κ3) is 3.01. The molecule has 0 amide bonds. The molecule has 4 aliphatic carbocycles. The average Bonchev–Trinajstić information content (AvgIpc) is 2.85. The highest BCUT2D eigenvalue weighted by Crippen LogP contribution is 2.59. The van der Waals surface area contributed by atoms with Crippen LogP contribution in [0.15, 0.2) is 0 Å². The lowest BCUT2D eigenvalue weighted by Crippen LogP contribution is -2.57. The molecule has 26 heavy (non-hydrogen) atoms. The molecule has 4 bridgehead atoms. The quantitative estimate of drug-likeness (QED) is 0.427. The highest BCUT2D eigenvalue weighted by molar-refractivity contribution is 5.96. The van der Waals surface area contributed by atoms with Crippen molar-refractivity contribution >= 4 is 11.9 Å². The van der Waals surface area contributed by atoms with Crippen molar-refractivity contribution in [3.8, 4) is 0 Å². The van der Waals surface area contributed by atoms with Crippen LogP contribution in [0.5, 0.6) is 0 Å². The normalized spacial score (nSPS) is 45.2. The minimum atomic E-state index is -0.506. The molecule has 5 heteroatoms. The van der Waals surface area contributed by atoms with E-state index < -0.39 is 29.4 Å². The Kier molecular flexibility index (Phi) is 4.89. The van der Waals surface area contributed by atoms with Crippen molar-refractivity contribution in [3.05, 3.63) is 0 Å². The van der Waals surface area contributed by atoms with Crippen molar-refractivity contribution < 1.29 is 24.2 Å². The maximum absolute atomic E-state index is 11.9. The van der Waals surface area contributed by atoms with Gasteiger partial charge in [0.25, 0.3) is 0 Å². The zero-order valence-electron chi connectivity index (χ0n) is 16.0. The van der Waals surface area contributed by atoms with Gasteiger partial charge in [0.2, 0.25) is 0 Å². The molecule has 146 valence electrons. The minimum Gasteiger partial charge on any atom is -0.393 e. The molecule has 3 unspecified atom stereocenters. The van der Waals surface area contributed by atoms with E-state index in [-0.39, 0.29) is 6.10 Å². The number of esters is 2. The number of cyclic esters (lactones) is 2. The second-order valence-electron chi connectivity index (χ2n) is 9.27. The van der Waals surface area contributed by atoms with Gasteiger partial charge in [0.1, 0.15) is 0 Å². The average molecular weight is 364 g/mol. The van der Waals surface area contributed by atoms with Gasteiger partial charge in [-0.15, -0.1) is 0 Å².